The van der Waals surface area contributed by atoms with E-state index in [1.54, 1.807) is 0 Å². The Morgan fingerprint density at radius 3 is 1.16 bits per heavy atom. The van der Waals surface area contributed by atoms with E-state index in [1.807, 2.05) is 12.4 Å². The van der Waals surface area contributed by atoms with E-state index >= 15 is 0 Å². The maximum atomic E-state index is 8.49. The Bertz CT molecular complexity index is 298. The first-order valence-electron chi connectivity index (χ1n) is 6.61. The third kappa shape index (κ3) is 59.3. The molecule has 0 spiro atoms. The standard InChI is InChI=1S/C10H20N4.2ClHO4.Ni/c1-3-11-7-9-13-5-2-6-14-10-8-12-4-1;2*2-1(3,4)5;/h3,5,12,14H,1-2,4,6-10H2;2*(H,2,3,4,5);/q;;;+2/p-2. The predicted octanol–water partition coefficient (Wildman–Crippen LogP) is -9.41. The van der Waals surface area contributed by atoms with Crippen LogP contribution in [-0.4, -0.2) is 51.7 Å². The van der Waals surface area contributed by atoms with Gasteiger partial charge in [0.2, 0.25) is 0 Å². The van der Waals surface area contributed by atoms with E-state index in [-0.39, 0.29) is 16.5 Å². The summed E-state index contributed by atoms with van der Waals surface area (Å²) in [7, 11) is -9.89. The first kappa shape index (κ1) is 29.8. The zero-order valence-electron chi connectivity index (χ0n) is 13.0. The zero-order chi connectivity index (χ0) is 18.9. The van der Waals surface area contributed by atoms with Gasteiger partial charge in [0.1, 0.15) is 0 Å². The molecule has 0 amide bonds. The predicted molar refractivity (Wildman–Crippen MR) is 61.7 cm³/mol. The Morgan fingerprint density at radius 1 is 0.600 bits per heavy atom. The Labute approximate surface area is 159 Å². The van der Waals surface area contributed by atoms with E-state index in [0.29, 0.717) is 0 Å². The van der Waals surface area contributed by atoms with Crippen LogP contribution in [0.5, 0.6) is 0 Å². The van der Waals surface area contributed by atoms with Gasteiger partial charge in [-0.2, -0.15) is 0 Å². The molecule has 1 aliphatic heterocycles. The molecule has 0 saturated carbocycles. The molecule has 152 valence electrons. The van der Waals surface area contributed by atoms with E-state index in [9.17, 15) is 0 Å². The SMILES string of the molecule is C1=NCCN=CCCNCCNCC1.[Ni+2].[O-][Cl+3]([O-])([O-])[O-].[O-][Cl+3]([O-])([O-])[O-]. The molecule has 0 aromatic rings. The molecule has 1 aliphatic rings. The molecule has 1 rings (SSSR count). The van der Waals surface area contributed by atoms with Gasteiger partial charge < -0.3 is 10.6 Å². The van der Waals surface area contributed by atoms with Gasteiger partial charge in [0.05, 0.1) is 13.1 Å². The molecule has 0 unspecified atom stereocenters. The normalized spacial score (nSPS) is 17.0. The van der Waals surface area contributed by atoms with Gasteiger partial charge in [-0.3, -0.25) is 9.98 Å². The van der Waals surface area contributed by atoms with Crippen LogP contribution in [0.1, 0.15) is 12.8 Å². The second-order valence-corrected chi connectivity index (χ2v) is 5.52. The summed E-state index contributed by atoms with van der Waals surface area (Å²) in [6, 6.07) is 0. The molecule has 0 radical (unpaired) electrons. The maximum absolute atomic E-state index is 8.49. The van der Waals surface area contributed by atoms with Crippen LogP contribution < -0.4 is 47.9 Å². The van der Waals surface area contributed by atoms with Gasteiger partial charge in [0.15, 0.2) is 0 Å². The van der Waals surface area contributed by atoms with Crippen molar-refractivity contribution in [2.24, 2.45) is 9.98 Å². The molecule has 15 heteroatoms. The van der Waals surface area contributed by atoms with Crippen LogP contribution in [0.4, 0.5) is 0 Å². The van der Waals surface area contributed by atoms with E-state index < -0.39 is 20.5 Å². The quantitative estimate of drug-likeness (QED) is 0.328. The van der Waals surface area contributed by atoms with Gasteiger partial charge in [-0.05, 0) is 12.8 Å². The molecule has 0 atom stereocenters. The molecular weight excluding hydrogens is 434 g/mol. The Morgan fingerprint density at radius 2 is 0.880 bits per heavy atom. The summed E-state index contributed by atoms with van der Waals surface area (Å²) >= 11 is 0. The molecular formula is C10H20Cl2N4NiO8. The van der Waals surface area contributed by atoms with Crippen LogP contribution >= 0.6 is 0 Å². The van der Waals surface area contributed by atoms with Crippen molar-refractivity contribution in [3.63, 3.8) is 0 Å². The molecule has 0 aromatic carbocycles. The van der Waals surface area contributed by atoms with Gasteiger partial charge in [-0.25, -0.2) is 37.3 Å². The molecule has 0 aromatic heterocycles. The molecule has 2 N–H and O–H groups in total. The van der Waals surface area contributed by atoms with Crippen molar-refractivity contribution >= 4 is 12.4 Å². The third-order valence-corrected chi connectivity index (χ3v) is 2.00. The van der Waals surface area contributed by atoms with Crippen molar-refractivity contribution in [1.82, 2.24) is 10.6 Å². The molecule has 0 bridgehead atoms. The molecule has 0 saturated heterocycles. The minimum atomic E-state index is -4.94. The number of nitrogens with one attached hydrogen (secondary N) is 2. The van der Waals surface area contributed by atoms with Gasteiger partial charge >= 0.3 is 16.5 Å². The number of nitrogens with zero attached hydrogens (tertiary/aromatic N) is 2. The van der Waals surface area contributed by atoms with Crippen molar-refractivity contribution in [3.8, 4) is 0 Å². The van der Waals surface area contributed by atoms with Gasteiger partial charge in [-0.1, -0.05) is 0 Å². The van der Waals surface area contributed by atoms with Crippen molar-refractivity contribution in [2.45, 2.75) is 12.8 Å². The number of halogens is 2. The van der Waals surface area contributed by atoms with Crippen LogP contribution in [0.3, 0.4) is 0 Å². The second kappa shape index (κ2) is 18.8. The first-order valence-corrected chi connectivity index (χ1v) is 9.08. The summed E-state index contributed by atoms with van der Waals surface area (Å²) in [5.41, 5.74) is 0. The second-order valence-electron chi connectivity index (χ2n) is 4.01. The van der Waals surface area contributed by atoms with Crippen LogP contribution in [0, 0.1) is 20.5 Å². The fourth-order valence-corrected chi connectivity index (χ4v) is 1.24. The van der Waals surface area contributed by atoms with E-state index in [0.717, 1.165) is 52.1 Å². The Balaban J connectivity index is -0.000000368. The number of rotatable bonds is 0. The van der Waals surface area contributed by atoms with Crippen molar-refractivity contribution in [2.75, 3.05) is 39.3 Å². The third-order valence-electron chi connectivity index (χ3n) is 2.00. The average molecular weight is 454 g/mol. The van der Waals surface area contributed by atoms with Crippen LogP contribution in [0.15, 0.2) is 9.98 Å². The summed E-state index contributed by atoms with van der Waals surface area (Å²) in [5, 5.41) is 6.70. The molecule has 0 fully saturated rings. The van der Waals surface area contributed by atoms with E-state index in [2.05, 4.69) is 20.6 Å². The topological polar surface area (TPSA) is 233 Å². The minimum Gasteiger partial charge on any atom is -0.315 e. The van der Waals surface area contributed by atoms with Crippen molar-refractivity contribution in [1.29, 1.82) is 0 Å². The Hall–Kier alpha value is 0.0135. The van der Waals surface area contributed by atoms with Crippen LogP contribution in [-0.2, 0) is 16.5 Å². The fourth-order valence-electron chi connectivity index (χ4n) is 1.24. The van der Waals surface area contributed by atoms with Gasteiger partial charge in [0.25, 0.3) is 0 Å². The summed E-state index contributed by atoms with van der Waals surface area (Å²) in [5.74, 6) is 0. The fraction of sp³-hybridized carbons (Fsp3) is 0.800. The molecule has 25 heavy (non-hydrogen) atoms. The van der Waals surface area contributed by atoms with E-state index in [4.69, 9.17) is 37.3 Å². The van der Waals surface area contributed by atoms with Crippen molar-refractivity contribution in [3.05, 3.63) is 0 Å². The number of hydrogen-bond acceptors (Lipinski definition) is 12. The smallest absolute Gasteiger partial charge is 0.315 e. The average Bonchev–Trinajstić information content (AvgIpc) is 2.38. The first-order chi connectivity index (χ1) is 11.0. The summed E-state index contributed by atoms with van der Waals surface area (Å²) in [6.45, 7) is 5.76. The van der Waals surface area contributed by atoms with E-state index in [1.165, 1.54) is 0 Å². The molecule has 12 nitrogen and oxygen atoms in total. The molecule has 1 heterocycles. The number of aliphatic imine (C=N–C) groups is 2. The summed E-state index contributed by atoms with van der Waals surface area (Å²) in [6.07, 6.45) is 6.01. The summed E-state index contributed by atoms with van der Waals surface area (Å²) in [4.78, 5) is 8.53. The minimum absolute atomic E-state index is 0. The maximum Gasteiger partial charge on any atom is 2.00 e. The zero-order valence-corrected chi connectivity index (χ0v) is 15.5. The van der Waals surface area contributed by atoms with Gasteiger partial charge in [-0.15, -0.1) is 20.5 Å². The number of hydrogen-bond donors (Lipinski definition) is 2. The van der Waals surface area contributed by atoms with Crippen LogP contribution in [0.25, 0.3) is 0 Å². The monoisotopic (exact) mass is 452 g/mol. The molecule has 0 aliphatic carbocycles. The summed E-state index contributed by atoms with van der Waals surface area (Å²) < 4.78 is 67.9. The van der Waals surface area contributed by atoms with Crippen molar-refractivity contribution < 1.29 is 74.2 Å². The Kier molecular flexibility index (Phi) is 22.4. The van der Waals surface area contributed by atoms with Gasteiger partial charge in [0, 0.05) is 38.6 Å². The van der Waals surface area contributed by atoms with Crippen LogP contribution in [0.2, 0.25) is 0 Å². The largest absolute Gasteiger partial charge is 2.00 e.